The Morgan fingerprint density at radius 2 is 1.63 bits per heavy atom. The number of alkyl carbamates (subject to hydrolysis) is 1. The number of carboxylic acids is 1. The highest BCUT2D eigenvalue weighted by molar-refractivity contribution is 5.93. The molecule has 8 heteroatoms. The SMILES string of the molecule is COC1(C(=O)O)CCN(C(=O)/C(C)=C/CNC(=O)OCC2c3ccccc3-c3ccccc32)CC1. The molecule has 2 N–H and O–H groups in total. The number of carbonyl (C=O) groups excluding carboxylic acids is 2. The first-order chi connectivity index (χ1) is 16.9. The maximum Gasteiger partial charge on any atom is 0.407 e. The number of ether oxygens (including phenoxy) is 2. The van der Waals surface area contributed by atoms with Crippen LogP contribution in [0.5, 0.6) is 0 Å². The number of likely N-dealkylation sites (tertiary alicyclic amines) is 1. The average molecular weight is 479 g/mol. The summed E-state index contributed by atoms with van der Waals surface area (Å²) < 4.78 is 10.7. The van der Waals surface area contributed by atoms with Gasteiger partial charge in [-0.25, -0.2) is 9.59 Å². The van der Waals surface area contributed by atoms with Gasteiger partial charge in [-0.05, 0) is 29.2 Å². The predicted octanol–water partition coefficient (Wildman–Crippen LogP) is 3.56. The van der Waals surface area contributed by atoms with Crippen molar-refractivity contribution in [3.63, 3.8) is 0 Å². The second-order valence-corrected chi connectivity index (χ2v) is 8.89. The van der Waals surface area contributed by atoms with E-state index in [1.165, 1.54) is 7.11 Å². The number of fused-ring (bicyclic) bond motifs is 3. The van der Waals surface area contributed by atoms with Crippen molar-refractivity contribution >= 4 is 18.0 Å². The first-order valence-electron chi connectivity index (χ1n) is 11.7. The highest BCUT2D eigenvalue weighted by Gasteiger charge is 2.42. The van der Waals surface area contributed by atoms with Crippen LogP contribution in [0.15, 0.2) is 60.2 Å². The monoisotopic (exact) mass is 478 g/mol. The van der Waals surface area contributed by atoms with Gasteiger partial charge in [0, 0.05) is 51.1 Å². The van der Waals surface area contributed by atoms with E-state index < -0.39 is 17.7 Å². The summed E-state index contributed by atoms with van der Waals surface area (Å²) in [6.07, 6.45) is 1.55. The first-order valence-corrected chi connectivity index (χ1v) is 11.7. The van der Waals surface area contributed by atoms with E-state index in [4.69, 9.17) is 9.47 Å². The largest absolute Gasteiger partial charge is 0.479 e. The summed E-state index contributed by atoms with van der Waals surface area (Å²) in [5.74, 6) is -1.21. The quantitative estimate of drug-likeness (QED) is 0.590. The molecule has 0 atom stereocenters. The third-order valence-corrected chi connectivity index (χ3v) is 6.97. The third-order valence-electron chi connectivity index (χ3n) is 6.97. The highest BCUT2D eigenvalue weighted by Crippen LogP contribution is 2.44. The molecule has 8 nitrogen and oxygen atoms in total. The standard InChI is InChI=1S/C27H30N2O6/c1-18(24(30)29-15-12-27(34-2,13-16-29)25(31)32)11-14-28-26(33)35-17-23-21-9-5-3-7-19(21)20-8-4-6-10-22(20)23/h3-11,23H,12-17H2,1-2H3,(H,28,33)(H,31,32)/b18-11+. The number of nitrogens with one attached hydrogen (secondary N) is 1. The fraction of sp³-hybridized carbons (Fsp3) is 0.370. The molecule has 2 aliphatic rings. The average Bonchev–Trinajstić information content (AvgIpc) is 3.20. The van der Waals surface area contributed by atoms with Gasteiger partial charge in [0.2, 0.25) is 5.91 Å². The van der Waals surface area contributed by atoms with Crippen molar-refractivity contribution in [2.75, 3.05) is 33.4 Å². The molecule has 0 unspecified atom stereocenters. The summed E-state index contributed by atoms with van der Waals surface area (Å²) in [7, 11) is 1.38. The molecule has 184 valence electrons. The van der Waals surface area contributed by atoms with Gasteiger partial charge in [0.25, 0.3) is 0 Å². The molecule has 0 aromatic heterocycles. The van der Waals surface area contributed by atoms with Gasteiger partial charge in [0.1, 0.15) is 6.61 Å². The number of amides is 2. The van der Waals surface area contributed by atoms with Crippen LogP contribution in [-0.2, 0) is 19.1 Å². The molecule has 2 aromatic rings. The Morgan fingerprint density at radius 3 is 2.17 bits per heavy atom. The van der Waals surface area contributed by atoms with Gasteiger partial charge in [-0.2, -0.15) is 0 Å². The summed E-state index contributed by atoms with van der Waals surface area (Å²) in [6, 6.07) is 16.3. The zero-order chi connectivity index (χ0) is 25.0. The van der Waals surface area contributed by atoms with E-state index in [0.717, 1.165) is 22.3 Å². The molecule has 2 aromatic carbocycles. The van der Waals surface area contributed by atoms with Crippen LogP contribution in [0.2, 0.25) is 0 Å². The molecule has 2 amide bonds. The number of nitrogens with zero attached hydrogens (tertiary/aromatic N) is 1. The van der Waals surface area contributed by atoms with E-state index in [2.05, 4.69) is 29.6 Å². The van der Waals surface area contributed by atoms with Gasteiger partial charge in [-0.15, -0.1) is 0 Å². The topological polar surface area (TPSA) is 105 Å². The van der Waals surface area contributed by atoms with Crippen LogP contribution < -0.4 is 5.32 Å². The van der Waals surface area contributed by atoms with Gasteiger partial charge in [0.05, 0.1) is 0 Å². The summed E-state index contributed by atoms with van der Waals surface area (Å²) in [5, 5.41) is 12.1. The maximum absolute atomic E-state index is 12.7. The summed E-state index contributed by atoms with van der Waals surface area (Å²) >= 11 is 0. The molecule has 0 spiro atoms. The number of benzene rings is 2. The van der Waals surface area contributed by atoms with Crippen molar-refractivity contribution in [3.05, 3.63) is 71.3 Å². The van der Waals surface area contributed by atoms with Crippen molar-refractivity contribution < 1.29 is 29.0 Å². The Morgan fingerprint density at radius 1 is 1.06 bits per heavy atom. The highest BCUT2D eigenvalue weighted by atomic mass is 16.5. The maximum atomic E-state index is 12.7. The molecule has 1 saturated heterocycles. The molecule has 0 saturated carbocycles. The molecule has 35 heavy (non-hydrogen) atoms. The minimum atomic E-state index is -1.24. The third kappa shape index (κ3) is 4.93. The Bertz CT molecular complexity index is 1100. The van der Waals surface area contributed by atoms with Crippen molar-refractivity contribution in [2.45, 2.75) is 31.3 Å². The van der Waals surface area contributed by atoms with Crippen LogP contribution in [0.1, 0.15) is 36.8 Å². The van der Waals surface area contributed by atoms with Gasteiger partial charge < -0.3 is 24.8 Å². The number of aliphatic carboxylic acids is 1. The van der Waals surface area contributed by atoms with Crippen molar-refractivity contribution in [1.82, 2.24) is 10.2 Å². The lowest BCUT2D eigenvalue weighted by molar-refractivity contribution is -0.169. The lowest BCUT2D eigenvalue weighted by Crippen LogP contribution is -2.52. The molecule has 0 bridgehead atoms. The van der Waals surface area contributed by atoms with Gasteiger partial charge in [-0.1, -0.05) is 54.6 Å². The van der Waals surface area contributed by atoms with E-state index >= 15 is 0 Å². The molecule has 1 heterocycles. The number of rotatable bonds is 7. The van der Waals surface area contributed by atoms with Gasteiger partial charge >= 0.3 is 12.1 Å². The lowest BCUT2D eigenvalue weighted by Gasteiger charge is -2.37. The summed E-state index contributed by atoms with van der Waals surface area (Å²) in [6.45, 7) is 2.64. The second-order valence-electron chi connectivity index (χ2n) is 8.89. The molecule has 1 fully saturated rings. The number of hydrogen-bond acceptors (Lipinski definition) is 5. The number of piperidine rings is 1. The van der Waals surface area contributed by atoms with E-state index in [0.29, 0.717) is 18.7 Å². The van der Waals surface area contributed by atoms with Crippen LogP contribution in [0, 0.1) is 0 Å². The fourth-order valence-electron chi connectivity index (χ4n) is 4.85. The van der Waals surface area contributed by atoms with Crippen LogP contribution in [0.25, 0.3) is 11.1 Å². The van der Waals surface area contributed by atoms with Crippen LogP contribution in [0.3, 0.4) is 0 Å². The van der Waals surface area contributed by atoms with E-state index in [9.17, 15) is 19.5 Å². The Labute approximate surface area is 204 Å². The number of carboxylic acid groups (broad SMARTS) is 1. The summed E-state index contributed by atoms with van der Waals surface area (Å²) in [5.41, 5.74) is 3.86. The molecule has 4 rings (SSSR count). The van der Waals surface area contributed by atoms with Crippen molar-refractivity contribution in [1.29, 1.82) is 0 Å². The Hall–Kier alpha value is -3.65. The van der Waals surface area contributed by atoms with Crippen molar-refractivity contribution in [3.8, 4) is 11.1 Å². The number of hydrogen-bond donors (Lipinski definition) is 2. The molecule has 0 radical (unpaired) electrons. The molecule has 1 aliphatic carbocycles. The Kier molecular flexibility index (Phi) is 7.21. The second kappa shape index (κ2) is 10.3. The van der Waals surface area contributed by atoms with E-state index in [-0.39, 0.29) is 37.8 Å². The minimum Gasteiger partial charge on any atom is -0.479 e. The molecular weight excluding hydrogens is 448 g/mol. The number of carbonyl (C=O) groups is 3. The zero-order valence-electron chi connectivity index (χ0n) is 20.0. The number of methoxy groups -OCH3 is 1. The normalized spacial score (nSPS) is 16.9. The Balaban J connectivity index is 1.27. The summed E-state index contributed by atoms with van der Waals surface area (Å²) in [4.78, 5) is 38.1. The van der Waals surface area contributed by atoms with Gasteiger partial charge in [0.15, 0.2) is 5.60 Å². The van der Waals surface area contributed by atoms with Crippen LogP contribution >= 0.6 is 0 Å². The van der Waals surface area contributed by atoms with E-state index in [1.54, 1.807) is 17.9 Å². The van der Waals surface area contributed by atoms with Gasteiger partial charge in [-0.3, -0.25) is 4.79 Å². The van der Waals surface area contributed by atoms with E-state index in [1.807, 2.05) is 24.3 Å². The lowest BCUT2D eigenvalue weighted by atomic mass is 9.91. The fourth-order valence-corrected chi connectivity index (χ4v) is 4.85. The van der Waals surface area contributed by atoms with Crippen LogP contribution in [-0.4, -0.2) is 66.9 Å². The smallest absolute Gasteiger partial charge is 0.407 e. The minimum absolute atomic E-state index is 0.0175. The van der Waals surface area contributed by atoms with Crippen LogP contribution in [0.4, 0.5) is 4.79 Å². The van der Waals surface area contributed by atoms with Crippen molar-refractivity contribution in [2.24, 2.45) is 0 Å². The first kappa shape index (κ1) is 24.5. The molecular formula is C27H30N2O6. The predicted molar refractivity (Wildman–Crippen MR) is 130 cm³/mol. The zero-order valence-corrected chi connectivity index (χ0v) is 20.0. The molecule has 1 aliphatic heterocycles.